The Bertz CT molecular complexity index is 1100. The zero-order valence-electron chi connectivity index (χ0n) is 14.3. The van der Waals surface area contributed by atoms with Crippen molar-refractivity contribution in [2.75, 3.05) is 0 Å². The highest BCUT2D eigenvalue weighted by atomic mass is 32.1. The molecule has 0 aliphatic heterocycles. The fourth-order valence-electron chi connectivity index (χ4n) is 3.93. The second-order valence-electron chi connectivity index (χ2n) is 6.59. The van der Waals surface area contributed by atoms with Crippen LogP contribution in [-0.4, -0.2) is 0 Å². The van der Waals surface area contributed by atoms with Crippen LogP contribution in [0.5, 0.6) is 0 Å². The van der Waals surface area contributed by atoms with Gasteiger partial charge in [-0.15, -0.1) is 11.3 Å². The van der Waals surface area contributed by atoms with E-state index in [1.54, 1.807) is 0 Å². The highest BCUT2D eigenvalue weighted by Gasteiger charge is 2.21. The molecule has 1 aromatic heterocycles. The summed E-state index contributed by atoms with van der Waals surface area (Å²) in [6.45, 7) is 0. The number of thiophene rings is 1. The molecule has 0 aliphatic rings. The molecule has 5 aromatic rings. The van der Waals surface area contributed by atoms with Crippen LogP contribution in [0.25, 0.3) is 21.5 Å². The molecular weight excluding hydrogens is 332 g/mol. The van der Waals surface area contributed by atoms with E-state index in [-0.39, 0.29) is 5.92 Å². The Labute approximate surface area is 157 Å². The molecule has 0 N–H and O–H groups in total. The second kappa shape index (κ2) is 6.44. The molecule has 26 heavy (non-hydrogen) atoms. The van der Waals surface area contributed by atoms with E-state index in [1.165, 1.54) is 37.5 Å². The van der Waals surface area contributed by atoms with Crippen molar-refractivity contribution in [2.45, 2.75) is 5.92 Å². The van der Waals surface area contributed by atoms with Gasteiger partial charge in [-0.25, -0.2) is 0 Å². The van der Waals surface area contributed by atoms with Crippen molar-refractivity contribution in [3.05, 3.63) is 118 Å². The molecule has 0 saturated heterocycles. The molecule has 0 saturated carbocycles. The standard InChI is InChI=1S/C25H18S/c1-3-12-20-18(8-1)10-5-14-22(20)25(24-16-7-17-26-24)23-15-6-11-19-9-2-4-13-21(19)23/h1-17,25H. The van der Waals surface area contributed by atoms with Crippen molar-refractivity contribution in [2.24, 2.45) is 0 Å². The maximum atomic E-state index is 2.29. The summed E-state index contributed by atoms with van der Waals surface area (Å²) in [6, 6.07) is 35.2. The first-order chi connectivity index (χ1) is 12.9. The third kappa shape index (κ3) is 2.53. The van der Waals surface area contributed by atoms with E-state index >= 15 is 0 Å². The summed E-state index contributed by atoms with van der Waals surface area (Å²) in [7, 11) is 0. The van der Waals surface area contributed by atoms with Crippen molar-refractivity contribution in [1.82, 2.24) is 0 Å². The molecule has 1 heteroatoms. The first-order valence-corrected chi connectivity index (χ1v) is 9.78. The third-order valence-electron chi connectivity index (χ3n) is 5.10. The lowest BCUT2D eigenvalue weighted by Gasteiger charge is -2.21. The molecule has 0 radical (unpaired) electrons. The molecule has 4 aromatic carbocycles. The summed E-state index contributed by atoms with van der Waals surface area (Å²) in [5, 5.41) is 7.44. The van der Waals surface area contributed by atoms with E-state index < -0.39 is 0 Å². The van der Waals surface area contributed by atoms with Crippen molar-refractivity contribution in [1.29, 1.82) is 0 Å². The quantitative estimate of drug-likeness (QED) is 0.322. The highest BCUT2D eigenvalue weighted by molar-refractivity contribution is 7.10. The van der Waals surface area contributed by atoms with Crippen LogP contribution in [-0.2, 0) is 0 Å². The third-order valence-corrected chi connectivity index (χ3v) is 6.03. The van der Waals surface area contributed by atoms with E-state index in [4.69, 9.17) is 0 Å². The summed E-state index contributed by atoms with van der Waals surface area (Å²) in [5.74, 6) is 0.243. The molecule has 0 aliphatic carbocycles. The van der Waals surface area contributed by atoms with Gasteiger partial charge in [-0.05, 0) is 44.1 Å². The van der Waals surface area contributed by atoms with Gasteiger partial charge in [0.05, 0.1) is 0 Å². The highest BCUT2D eigenvalue weighted by Crippen LogP contribution is 2.40. The molecule has 0 nitrogen and oxygen atoms in total. The smallest absolute Gasteiger partial charge is 0.0446 e. The van der Waals surface area contributed by atoms with E-state index in [1.807, 2.05) is 11.3 Å². The van der Waals surface area contributed by atoms with Crippen molar-refractivity contribution in [3.8, 4) is 0 Å². The summed E-state index contributed by atoms with van der Waals surface area (Å²) in [6.07, 6.45) is 0. The Morgan fingerprint density at radius 2 is 1.04 bits per heavy atom. The van der Waals surface area contributed by atoms with Gasteiger partial charge in [0.25, 0.3) is 0 Å². The van der Waals surface area contributed by atoms with E-state index in [0.717, 1.165) is 0 Å². The Balaban J connectivity index is 1.85. The van der Waals surface area contributed by atoms with Gasteiger partial charge in [0, 0.05) is 10.8 Å². The van der Waals surface area contributed by atoms with Crippen LogP contribution >= 0.6 is 11.3 Å². The van der Waals surface area contributed by atoms with Gasteiger partial charge in [0.2, 0.25) is 0 Å². The van der Waals surface area contributed by atoms with Crippen LogP contribution in [0.1, 0.15) is 21.9 Å². The summed E-state index contributed by atoms with van der Waals surface area (Å²) in [4.78, 5) is 1.39. The Hall–Kier alpha value is -2.90. The molecule has 0 fully saturated rings. The zero-order valence-corrected chi connectivity index (χ0v) is 15.1. The molecule has 0 amide bonds. The topological polar surface area (TPSA) is 0 Å². The Morgan fingerprint density at radius 1 is 0.500 bits per heavy atom. The Kier molecular flexibility index (Phi) is 3.80. The second-order valence-corrected chi connectivity index (χ2v) is 7.56. The SMILES string of the molecule is c1csc(C(c2cccc3ccccc23)c2cccc3ccccc23)c1. The number of hydrogen-bond acceptors (Lipinski definition) is 1. The average Bonchev–Trinajstić information content (AvgIpc) is 3.23. The van der Waals surface area contributed by atoms with Gasteiger partial charge in [-0.1, -0.05) is 91.0 Å². The number of rotatable bonds is 3. The lowest BCUT2D eigenvalue weighted by molar-refractivity contribution is 1.03. The molecule has 1 heterocycles. The largest absolute Gasteiger partial charge is 0.148 e. The van der Waals surface area contributed by atoms with Crippen LogP contribution in [0.15, 0.2) is 102 Å². The molecule has 124 valence electrons. The Morgan fingerprint density at radius 3 is 1.58 bits per heavy atom. The number of hydrogen-bond donors (Lipinski definition) is 0. The van der Waals surface area contributed by atoms with Crippen LogP contribution in [0, 0.1) is 0 Å². The summed E-state index contributed by atoms with van der Waals surface area (Å²) in [5.41, 5.74) is 2.75. The van der Waals surface area contributed by atoms with Gasteiger partial charge in [-0.3, -0.25) is 0 Å². The predicted molar refractivity (Wildman–Crippen MR) is 113 cm³/mol. The summed E-state index contributed by atoms with van der Waals surface area (Å²) < 4.78 is 0. The normalized spacial score (nSPS) is 11.4. The first-order valence-electron chi connectivity index (χ1n) is 8.90. The molecule has 0 unspecified atom stereocenters. The minimum Gasteiger partial charge on any atom is -0.148 e. The molecule has 0 spiro atoms. The van der Waals surface area contributed by atoms with Gasteiger partial charge in [0.15, 0.2) is 0 Å². The van der Waals surface area contributed by atoms with Crippen molar-refractivity contribution < 1.29 is 0 Å². The monoisotopic (exact) mass is 350 g/mol. The minimum absolute atomic E-state index is 0.243. The fraction of sp³-hybridized carbons (Fsp3) is 0.0400. The van der Waals surface area contributed by atoms with Gasteiger partial charge in [0.1, 0.15) is 0 Å². The summed E-state index contributed by atoms with van der Waals surface area (Å²) >= 11 is 1.84. The van der Waals surface area contributed by atoms with Crippen molar-refractivity contribution >= 4 is 32.9 Å². The lowest BCUT2D eigenvalue weighted by Crippen LogP contribution is -2.03. The molecule has 0 atom stereocenters. The maximum absolute atomic E-state index is 2.29. The zero-order chi connectivity index (χ0) is 17.3. The predicted octanol–water partition coefficient (Wildman–Crippen LogP) is 7.23. The average molecular weight is 350 g/mol. The van der Waals surface area contributed by atoms with E-state index in [0.29, 0.717) is 0 Å². The van der Waals surface area contributed by atoms with Gasteiger partial charge in [-0.2, -0.15) is 0 Å². The van der Waals surface area contributed by atoms with Crippen LogP contribution in [0.3, 0.4) is 0 Å². The molecule has 5 rings (SSSR count). The van der Waals surface area contributed by atoms with Crippen LogP contribution in [0.4, 0.5) is 0 Å². The van der Waals surface area contributed by atoms with Gasteiger partial charge >= 0.3 is 0 Å². The number of fused-ring (bicyclic) bond motifs is 2. The van der Waals surface area contributed by atoms with E-state index in [9.17, 15) is 0 Å². The number of benzene rings is 4. The minimum atomic E-state index is 0.243. The van der Waals surface area contributed by atoms with Crippen LogP contribution in [0.2, 0.25) is 0 Å². The molecular formula is C25H18S. The molecule has 0 bridgehead atoms. The van der Waals surface area contributed by atoms with E-state index in [2.05, 4.69) is 102 Å². The van der Waals surface area contributed by atoms with Crippen molar-refractivity contribution in [3.63, 3.8) is 0 Å². The maximum Gasteiger partial charge on any atom is 0.0446 e. The lowest BCUT2D eigenvalue weighted by atomic mass is 9.84. The first kappa shape index (κ1) is 15.4. The fourth-order valence-corrected chi connectivity index (χ4v) is 4.80. The van der Waals surface area contributed by atoms with Gasteiger partial charge < -0.3 is 0 Å². The van der Waals surface area contributed by atoms with Crippen LogP contribution < -0.4 is 0 Å².